The number of nitrogens with zero attached hydrogens (tertiary/aromatic N) is 1. The zero-order valence-corrected chi connectivity index (χ0v) is 11.7. The lowest BCUT2D eigenvalue weighted by Gasteiger charge is -2.06. The molecule has 1 heterocycles. The molecule has 3 aromatic rings. The topological polar surface area (TPSA) is 12.9 Å². The maximum absolute atomic E-state index is 13.5. The third kappa shape index (κ3) is 3.26. The molecule has 0 aliphatic rings. The van der Waals surface area contributed by atoms with Gasteiger partial charge < -0.3 is 0 Å². The van der Waals surface area contributed by atoms with E-state index < -0.39 is 0 Å². The number of aromatic nitrogens is 1. The van der Waals surface area contributed by atoms with Crippen LogP contribution in [0.5, 0.6) is 0 Å². The summed E-state index contributed by atoms with van der Waals surface area (Å²) in [5, 5.41) is 0. The van der Waals surface area contributed by atoms with Gasteiger partial charge in [0.15, 0.2) is 0 Å². The van der Waals surface area contributed by atoms with Gasteiger partial charge in [0, 0.05) is 11.8 Å². The Labute approximate surface area is 127 Å². The van der Waals surface area contributed by atoms with Crippen LogP contribution in [0.2, 0.25) is 0 Å². The molecule has 0 atom stereocenters. The maximum atomic E-state index is 13.5. The highest BCUT2D eigenvalue weighted by Gasteiger charge is 2.05. The predicted octanol–water partition coefficient (Wildman–Crippen LogP) is 5.20. The highest BCUT2D eigenvalue weighted by Crippen LogP contribution is 2.24. The normalized spacial score (nSPS) is 11.0. The van der Waals surface area contributed by atoms with Crippen LogP contribution in [0.4, 0.5) is 8.78 Å². The smallest absolute Gasteiger partial charge is 0.123 e. The monoisotopic (exact) mass is 293 g/mol. The standard InChI is InChI=1S/C19H13F2N/c20-16-8-5-14(6-9-16)4-7-15-13-17(21)10-11-18(15)19-3-1-2-12-22-19/h1-13H/b7-4+. The quantitative estimate of drug-likeness (QED) is 0.605. The van der Waals surface area contributed by atoms with Gasteiger partial charge in [-0.15, -0.1) is 0 Å². The average Bonchev–Trinajstić information content (AvgIpc) is 2.55. The second kappa shape index (κ2) is 6.31. The molecule has 0 saturated carbocycles. The van der Waals surface area contributed by atoms with Crippen LogP contribution in [0, 0.1) is 11.6 Å². The summed E-state index contributed by atoms with van der Waals surface area (Å²) >= 11 is 0. The third-order valence-electron chi connectivity index (χ3n) is 3.28. The molecule has 2 aromatic carbocycles. The number of benzene rings is 2. The first-order valence-electron chi connectivity index (χ1n) is 6.87. The zero-order chi connectivity index (χ0) is 15.4. The van der Waals surface area contributed by atoms with E-state index in [1.807, 2.05) is 24.3 Å². The van der Waals surface area contributed by atoms with E-state index in [1.54, 1.807) is 30.5 Å². The molecule has 0 N–H and O–H groups in total. The van der Waals surface area contributed by atoms with Crippen LogP contribution >= 0.6 is 0 Å². The van der Waals surface area contributed by atoms with Crippen molar-refractivity contribution in [1.82, 2.24) is 4.98 Å². The van der Waals surface area contributed by atoms with Crippen molar-refractivity contribution in [2.45, 2.75) is 0 Å². The van der Waals surface area contributed by atoms with Crippen molar-refractivity contribution in [3.63, 3.8) is 0 Å². The molecule has 0 saturated heterocycles. The Bertz CT molecular complexity index is 793. The van der Waals surface area contributed by atoms with Crippen LogP contribution in [-0.4, -0.2) is 4.98 Å². The summed E-state index contributed by atoms with van der Waals surface area (Å²) in [5.74, 6) is -0.587. The van der Waals surface area contributed by atoms with Crippen LogP contribution in [0.15, 0.2) is 66.9 Å². The molecule has 0 bridgehead atoms. The number of pyridine rings is 1. The molecule has 0 unspecified atom stereocenters. The van der Waals surface area contributed by atoms with Gasteiger partial charge in [0.25, 0.3) is 0 Å². The predicted molar refractivity (Wildman–Crippen MR) is 85.0 cm³/mol. The molecule has 0 amide bonds. The molecule has 0 spiro atoms. The van der Waals surface area contributed by atoms with Crippen molar-refractivity contribution >= 4 is 12.2 Å². The summed E-state index contributed by atoms with van der Waals surface area (Å²) < 4.78 is 26.4. The first-order valence-corrected chi connectivity index (χ1v) is 6.87. The maximum Gasteiger partial charge on any atom is 0.123 e. The van der Waals surface area contributed by atoms with E-state index in [0.29, 0.717) is 0 Å². The first kappa shape index (κ1) is 14.1. The zero-order valence-electron chi connectivity index (χ0n) is 11.7. The number of halogens is 2. The van der Waals surface area contributed by atoms with E-state index >= 15 is 0 Å². The van der Waals surface area contributed by atoms with E-state index in [1.165, 1.54) is 24.3 Å². The average molecular weight is 293 g/mol. The van der Waals surface area contributed by atoms with Crippen molar-refractivity contribution in [2.75, 3.05) is 0 Å². The van der Waals surface area contributed by atoms with Gasteiger partial charge >= 0.3 is 0 Å². The van der Waals surface area contributed by atoms with E-state index in [-0.39, 0.29) is 11.6 Å². The number of hydrogen-bond donors (Lipinski definition) is 0. The van der Waals surface area contributed by atoms with Gasteiger partial charge in [0.2, 0.25) is 0 Å². The fourth-order valence-electron chi connectivity index (χ4n) is 2.19. The molecule has 0 radical (unpaired) electrons. The minimum atomic E-state index is -0.307. The Kier molecular flexibility index (Phi) is 4.05. The highest BCUT2D eigenvalue weighted by molar-refractivity contribution is 5.79. The molecular weight excluding hydrogens is 280 g/mol. The second-order valence-corrected chi connectivity index (χ2v) is 4.83. The molecule has 1 aromatic heterocycles. The van der Waals surface area contributed by atoms with E-state index in [0.717, 1.165) is 22.4 Å². The lowest BCUT2D eigenvalue weighted by atomic mass is 10.0. The molecule has 3 rings (SSSR count). The van der Waals surface area contributed by atoms with Crippen molar-refractivity contribution < 1.29 is 8.78 Å². The van der Waals surface area contributed by atoms with Gasteiger partial charge in [0.05, 0.1) is 5.69 Å². The van der Waals surface area contributed by atoms with E-state index in [4.69, 9.17) is 0 Å². The van der Waals surface area contributed by atoms with Crippen LogP contribution in [0.1, 0.15) is 11.1 Å². The largest absolute Gasteiger partial charge is 0.256 e. The molecule has 108 valence electrons. The number of hydrogen-bond acceptors (Lipinski definition) is 1. The Balaban J connectivity index is 1.99. The van der Waals surface area contributed by atoms with E-state index in [2.05, 4.69) is 4.98 Å². The van der Waals surface area contributed by atoms with Crippen LogP contribution in [0.25, 0.3) is 23.4 Å². The Hall–Kier alpha value is -2.81. The van der Waals surface area contributed by atoms with Gasteiger partial charge in [-0.05, 0) is 53.6 Å². The van der Waals surface area contributed by atoms with Crippen molar-refractivity contribution in [2.24, 2.45) is 0 Å². The summed E-state index contributed by atoms with van der Waals surface area (Å²) in [6, 6.07) is 16.3. The van der Waals surface area contributed by atoms with Gasteiger partial charge in [-0.1, -0.05) is 30.4 Å². The second-order valence-electron chi connectivity index (χ2n) is 4.83. The molecule has 0 aliphatic heterocycles. The molecule has 0 fully saturated rings. The number of rotatable bonds is 3. The summed E-state index contributed by atoms with van der Waals surface area (Å²) in [6.07, 6.45) is 5.33. The fourth-order valence-corrected chi connectivity index (χ4v) is 2.19. The third-order valence-corrected chi connectivity index (χ3v) is 3.28. The minimum Gasteiger partial charge on any atom is -0.256 e. The van der Waals surface area contributed by atoms with Gasteiger partial charge in [-0.25, -0.2) is 8.78 Å². The Morgan fingerprint density at radius 1 is 0.773 bits per heavy atom. The van der Waals surface area contributed by atoms with Crippen LogP contribution in [-0.2, 0) is 0 Å². The summed E-state index contributed by atoms with van der Waals surface area (Å²) in [7, 11) is 0. The summed E-state index contributed by atoms with van der Waals surface area (Å²) in [4.78, 5) is 4.30. The molecule has 1 nitrogen and oxygen atoms in total. The molecule has 22 heavy (non-hydrogen) atoms. The lowest BCUT2D eigenvalue weighted by molar-refractivity contribution is 0.627. The SMILES string of the molecule is Fc1ccc(/C=C/c2cc(F)ccc2-c2ccccn2)cc1. The van der Waals surface area contributed by atoms with Gasteiger partial charge in [-0.2, -0.15) is 0 Å². The Morgan fingerprint density at radius 3 is 2.27 bits per heavy atom. The summed E-state index contributed by atoms with van der Waals surface area (Å²) in [5.41, 5.74) is 3.20. The first-order chi connectivity index (χ1) is 10.7. The van der Waals surface area contributed by atoms with Crippen LogP contribution in [0.3, 0.4) is 0 Å². The van der Waals surface area contributed by atoms with E-state index in [9.17, 15) is 8.78 Å². The molecule has 3 heteroatoms. The lowest BCUT2D eigenvalue weighted by Crippen LogP contribution is -1.88. The van der Waals surface area contributed by atoms with Crippen molar-refractivity contribution in [3.05, 3.63) is 89.6 Å². The van der Waals surface area contributed by atoms with Crippen LogP contribution < -0.4 is 0 Å². The highest BCUT2D eigenvalue weighted by atomic mass is 19.1. The fraction of sp³-hybridized carbons (Fsp3) is 0. The van der Waals surface area contributed by atoms with Crippen molar-refractivity contribution in [3.8, 4) is 11.3 Å². The summed E-state index contributed by atoms with van der Waals surface area (Å²) in [6.45, 7) is 0. The van der Waals surface area contributed by atoms with Gasteiger partial charge in [-0.3, -0.25) is 4.98 Å². The molecular formula is C19H13F2N. The minimum absolute atomic E-state index is 0.280. The Morgan fingerprint density at radius 2 is 1.55 bits per heavy atom. The van der Waals surface area contributed by atoms with Crippen molar-refractivity contribution in [1.29, 1.82) is 0 Å². The van der Waals surface area contributed by atoms with Gasteiger partial charge in [0.1, 0.15) is 11.6 Å². The molecule has 0 aliphatic carbocycles.